The fraction of sp³-hybridized carbons (Fsp3) is 0.851. The second kappa shape index (κ2) is 42.3. The Morgan fingerprint density at radius 1 is 0.481 bits per heavy atom. The first kappa shape index (κ1) is 50.6. The van der Waals surface area contributed by atoms with Crippen molar-refractivity contribution in [2.45, 2.75) is 250 Å². The Hall–Kier alpha value is -1.43. The topological polar surface area (TPSA) is 89.8 Å². The first-order valence-corrected chi connectivity index (χ1v) is 22.8. The summed E-state index contributed by atoms with van der Waals surface area (Å²) in [7, 11) is 0. The Bertz CT molecular complexity index is 809. The minimum Gasteiger partial charge on any atom is -0.394 e. The molecule has 5 nitrogen and oxygen atoms in total. The Labute approximate surface area is 324 Å². The molecule has 0 spiro atoms. The summed E-state index contributed by atoms with van der Waals surface area (Å²) in [4.78, 5) is 12.4. The lowest BCUT2D eigenvalue weighted by molar-refractivity contribution is -0.124. The number of rotatable bonds is 41. The molecule has 0 fully saturated rings. The maximum Gasteiger partial charge on any atom is 0.222 e. The van der Waals surface area contributed by atoms with Gasteiger partial charge in [0.05, 0.1) is 31.3 Å². The van der Waals surface area contributed by atoms with E-state index in [0.29, 0.717) is 6.42 Å². The van der Waals surface area contributed by atoms with Crippen LogP contribution in [-0.4, -0.2) is 46.1 Å². The molecule has 0 radical (unpaired) electrons. The van der Waals surface area contributed by atoms with Crippen LogP contribution in [-0.2, 0) is 4.79 Å². The van der Waals surface area contributed by atoms with Gasteiger partial charge in [-0.15, -0.1) is 0 Å². The highest BCUT2D eigenvalue weighted by atomic mass is 16.3. The average molecular weight is 732 g/mol. The SMILES string of the molecule is CCCCCC/C=C/CC/C=C/CC/C=C/C(O)C(CO)NC(=O)CC(O)CCCCCCCCCCCCCCCCCCCCCCCCC. The van der Waals surface area contributed by atoms with Gasteiger partial charge in [0.1, 0.15) is 0 Å². The van der Waals surface area contributed by atoms with Gasteiger partial charge >= 0.3 is 0 Å². The maximum absolute atomic E-state index is 12.4. The molecule has 0 saturated carbocycles. The smallest absolute Gasteiger partial charge is 0.222 e. The molecule has 0 rings (SSSR count). The second-order valence-electron chi connectivity index (χ2n) is 15.6. The summed E-state index contributed by atoms with van der Waals surface area (Å²) >= 11 is 0. The van der Waals surface area contributed by atoms with Gasteiger partial charge in [-0.25, -0.2) is 0 Å². The third-order valence-corrected chi connectivity index (χ3v) is 10.4. The Morgan fingerprint density at radius 3 is 1.23 bits per heavy atom. The number of carbonyl (C=O) groups is 1. The molecule has 3 atom stereocenters. The van der Waals surface area contributed by atoms with E-state index in [9.17, 15) is 20.1 Å². The van der Waals surface area contributed by atoms with Gasteiger partial charge in [0, 0.05) is 0 Å². The third kappa shape index (κ3) is 38.3. The van der Waals surface area contributed by atoms with Gasteiger partial charge in [0.25, 0.3) is 0 Å². The van der Waals surface area contributed by atoms with Gasteiger partial charge in [-0.1, -0.05) is 217 Å². The van der Waals surface area contributed by atoms with Crippen molar-refractivity contribution >= 4 is 5.91 Å². The zero-order valence-electron chi connectivity index (χ0n) is 34.7. The molecule has 0 heterocycles. The zero-order chi connectivity index (χ0) is 38.0. The molecule has 0 aliphatic heterocycles. The summed E-state index contributed by atoms with van der Waals surface area (Å²) in [6.45, 7) is 4.18. The molecule has 0 aromatic rings. The fourth-order valence-electron chi connectivity index (χ4n) is 6.90. The Kier molecular flexibility index (Phi) is 41.1. The van der Waals surface area contributed by atoms with Crippen LogP contribution in [0.15, 0.2) is 36.5 Å². The number of aliphatic hydroxyl groups excluding tert-OH is 3. The van der Waals surface area contributed by atoms with E-state index >= 15 is 0 Å². The van der Waals surface area contributed by atoms with Crippen molar-refractivity contribution in [1.29, 1.82) is 0 Å². The van der Waals surface area contributed by atoms with Gasteiger partial charge in [-0.2, -0.15) is 0 Å². The lowest BCUT2D eigenvalue weighted by Gasteiger charge is -2.21. The van der Waals surface area contributed by atoms with Crippen LogP contribution in [0.25, 0.3) is 0 Å². The Morgan fingerprint density at radius 2 is 0.827 bits per heavy atom. The van der Waals surface area contributed by atoms with Crippen LogP contribution in [0, 0.1) is 0 Å². The van der Waals surface area contributed by atoms with E-state index in [4.69, 9.17) is 0 Å². The van der Waals surface area contributed by atoms with Gasteiger partial charge in [0.2, 0.25) is 5.91 Å². The van der Waals surface area contributed by atoms with Crippen LogP contribution in [0.2, 0.25) is 0 Å². The number of nitrogens with one attached hydrogen (secondary N) is 1. The molecule has 0 aliphatic carbocycles. The molecule has 5 heteroatoms. The van der Waals surface area contributed by atoms with E-state index < -0.39 is 18.2 Å². The standard InChI is InChI=1S/C47H89NO4/c1-3-5-7-9-11-13-15-17-19-20-21-22-23-24-25-26-27-28-30-32-34-36-38-40-44(50)42-47(52)48-45(43-49)46(51)41-39-37-35-33-31-29-18-16-14-12-10-8-6-4-2/h14,16,31,33,39,41,44-46,49-51H,3-13,15,17-30,32,34-38,40,42-43H2,1-2H3,(H,48,52)/b16-14+,33-31+,41-39+. The van der Waals surface area contributed by atoms with Crippen molar-refractivity contribution in [1.82, 2.24) is 5.32 Å². The third-order valence-electron chi connectivity index (χ3n) is 10.4. The van der Waals surface area contributed by atoms with E-state index in [0.717, 1.165) is 38.5 Å². The quantitative estimate of drug-likeness (QED) is 0.0372. The summed E-state index contributed by atoms with van der Waals surface area (Å²) in [6, 6.07) is -0.764. The highest BCUT2D eigenvalue weighted by molar-refractivity contribution is 5.76. The highest BCUT2D eigenvalue weighted by Gasteiger charge is 2.20. The van der Waals surface area contributed by atoms with Crippen LogP contribution >= 0.6 is 0 Å². The summed E-state index contributed by atoms with van der Waals surface area (Å²) in [5, 5.41) is 33.2. The van der Waals surface area contributed by atoms with Crippen molar-refractivity contribution in [3.63, 3.8) is 0 Å². The van der Waals surface area contributed by atoms with E-state index in [-0.39, 0.29) is 18.9 Å². The zero-order valence-corrected chi connectivity index (χ0v) is 34.7. The molecule has 0 aromatic carbocycles. The summed E-state index contributed by atoms with van der Waals surface area (Å²) < 4.78 is 0. The van der Waals surface area contributed by atoms with Crippen LogP contribution in [0.4, 0.5) is 0 Å². The maximum atomic E-state index is 12.4. The molecule has 52 heavy (non-hydrogen) atoms. The fourth-order valence-corrected chi connectivity index (χ4v) is 6.90. The van der Waals surface area contributed by atoms with Gasteiger partial charge < -0.3 is 20.6 Å². The van der Waals surface area contributed by atoms with E-state index in [1.54, 1.807) is 6.08 Å². The Balaban J connectivity index is 3.63. The van der Waals surface area contributed by atoms with Crippen molar-refractivity contribution in [3.8, 4) is 0 Å². The average Bonchev–Trinajstić information content (AvgIpc) is 3.14. The molecule has 0 bridgehead atoms. The minimum atomic E-state index is -0.957. The molecular weight excluding hydrogens is 643 g/mol. The van der Waals surface area contributed by atoms with Crippen LogP contribution < -0.4 is 5.32 Å². The van der Waals surface area contributed by atoms with E-state index in [2.05, 4.69) is 43.5 Å². The highest BCUT2D eigenvalue weighted by Crippen LogP contribution is 2.16. The molecule has 306 valence electrons. The summed E-state index contributed by atoms with van der Waals surface area (Å²) in [5.41, 5.74) is 0. The number of hydrogen-bond acceptors (Lipinski definition) is 4. The second-order valence-corrected chi connectivity index (χ2v) is 15.6. The first-order chi connectivity index (χ1) is 25.5. The van der Waals surface area contributed by atoms with Gasteiger partial charge in [-0.3, -0.25) is 4.79 Å². The number of carbonyl (C=O) groups excluding carboxylic acids is 1. The number of amides is 1. The van der Waals surface area contributed by atoms with Crippen LogP contribution in [0.5, 0.6) is 0 Å². The molecule has 1 amide bonds. The van der Waals surface area contributed by atoms with Crippen molar-refractivity contribution in [2.75, 3.05) is 6.61 Å². The van der Waals surface area contributed by atoms with E-state index in [1.165, 1.54) is 167 Å². The summed E-state index contributed by atoms with van der Waals surface area (Å²) in [6.07, 6.45) is 53.0. The summed E-state index contributed by atoms with van der Waals surface area (Å²) in [5.74, 6) is -0.328. The van der Waals surface area contributed by atoms with Crippen LogP contribution in [0.1, 0.15) is 232 Å². The van der Waals surface area contributed by atoms with Gasteiger partial charge in [0.15, 0.2) is 0 Å². The predicted molar refractivity (Wildman–Crippen MR) is 227 cm³/mol. The minimum absolute atomic E-state index is 0.00504. The molecule has 0 saturated heterocycles. The largest absolute Gasteiger partial charge is 0.394 e. The molecule has 3 unspecified atom stereocenters. The van der Waals surface area contributed by atoms with E-state index in [1.807, 2.05) is 6.08 Å². The number of aliphatic hydroxyl groups is 3. The number of unbranched alkanes of at least 4 members (excludes halogenated alkanes) is 28. The predicted octanol–water partition coefficient (Wildman–Crippen LogP) is 13.2. The monoisotopic (exact) mass is 732 g/mol. The molecule has 4 N–H and O–H groups in total. The molecular formula is C47H89NO4. The van der Waals surface area contributed by atoms with Crippen molar-refractivity contribution < 1.29 is 20.1 Å². The molecule has 0 aromatic heterocycles. The number of hydrogen-bond donors (Lipinski definition) is 4. The van der Waals surface area contributed by atoms with Crippen LogP contribution in [0.3, 0.4) is 0 Å². The lowest BCUT2D eigenvalue weighted by atomic mass is 10.0. The first-order valence-electron chi connectivity index (χ1n) is 22.8. The van der Waals surface area contributed by atoms with Gasteiger partial charge in [-0.05, 0) is 44.9 Å². The van der Waals surface area contributed by atoms with Crippen molar-refractivity contribution in [2.24, 2.45) is 0 Å². The molecule has 0 aliphatic rings. The lowest BCUT2D eigenvalue weighted by Crippen LogP contribution is -2.45. The number of allylic oxidation sites excluding steroid dienone is 5. The normalized spacial score (nSPS) is 13.9. The van der Waals surface area contributed by atoms with Crippen molar-refractivity contribution in [3.05, 3.63) is 36.5 Å².